The number of rotatable bonds is 1. The van der Waals surface area contributed by atoms with Gasteiger partial charge in [0, 0.05) is 29.5 Å². The lowest BCUT2D eigenvalue weighted by molar-refractivity contribution is -0.189. The molecule has 3 aliphatic heterocycles. The second-order valence-electron chi connectivity index (χ2n) is 9.42. The Morgan fingerprint density at radius 1 is 1.03 bits per heavy atom. The fraction of sp³-hybridized carbons (Fsp3) is 0.308. The molecule has 11 heteroatoms. The number of benzene rings is 2. The van der Waals surface area contributed by atoms with E-state index in [1.165, 1.54) is 39.7 Å². The molecule has 3 aromatic rings. The summed E-state index contributed by atoms with van der Waals surface area (Å²) in [7, 11) is 0. The van der Waals surface area contributed by atoms with Crippen molar-refractivity contribution in [2.75, 3.05) is 11.6 Å². The molecule has 0 unspecified atom stereocenters. The molecule has 192 valence electrons. The highest BCUT2D eigenvalue weighted by molar-refractivity contribution is 7.98. The van der Waals surface area contributed by atoms with Gasteiger partial charge in [0.2, 0.25) is 5.43 Å². The molecule has 2 aromatic carbocycles. The molecule has 1 aromatic heterocycles. The maximum absolute atomic E-state index is 14.3. The van der Waals surface area contributed by atoms with Crippen molar-refractivity contribution in [3.8, 4) is 5.75 Å². The van der Waals surface area contributed by atoms with Crippen LogP contribution in [0.4, 0.5) is 17.6 Å². The van der Waals surface area contributed by atoms with Crippen molar-refractivity contribution in [3.05, 3.63) is 93.2 Å². The molecule has 0 bridgehead atoms. The third-order valence-corrected chi connectivity index (χ3v) is 8.51. The number of fused-ring (bicyclic) bond motifs is 4. The third-order valence-electron chi connectivity index (χ3n) is 7.37. The van der Waals surface area contributed by atoms with Gasteiger partial charge in [0.25, 0.3) is 5.91 Å². The lowest BCUT2D eigenvalue weighted by Gasteiger charge is -2.53. The van der Waals surface area contributed by atoms with E-state index in [9.17, 15) is 32.3 Å². The first-order valence-corrected chi connectivity index (χ1v) is 12.7. The van der Waals surface area contributed by atoms with Crippen molar-refractivity contribution in [3.63, 3.8) is 0 Å². The SMILES string of the molecule is O=C1c2c(O)c(=O)ccn2N([C@H]2c3ccc(F)cc3CSc3ccccc32)[C@@H]2C[C@H](C(F)(F)F)CCN12. The van der Waals surface area contributed by atoms with Crippen LogP contribution in [0.5, 0.6) is 5.75 Å². The number of piperidine rings is 1. The first-order chi connectivity index (χ1) is 17.6. The largest absolute Gasteiger partial charge is 0.502 e. The minimum atomic E-state index is -4.45. The molecule has 0 radical (unpaired) electrons. The van der Waals surface area contributed by atoms with Crippen LogP contribution >= 0.6 is 11.8 Å². The van der Waals surface area contributed by atoms with Gasteiger partial charge in [-0.2, -0.15) is 13.2 Å². The molecule has 3 aliphatic rings. The van der Waals surface area contributed by atoms with Gasteiger partial charge in [-0.15, -0.1) is 11.8 Å². The minimum absolute atomic E-state index is 0.188. The van der Waals surface area contributed by atoms with Crippen molar-refractivity contribution >= 4 is 17.7 Å². The molecule has 0 aliphatic carbocycles. The number of aromatic nitrogens is 1. The van der Waals surface area contributed by atoms with E-state index in [-0.39, 0.29) is 25.1 Å². The Morgan fingerprint density at radius 2 is 1.81 bits per heavy atom. The smallest absolute Gasteiger partial charge is 0.392 e. The van der Waals surface area contributed by atoms with Gasteiger partial charge >= 0.3 is 6.18 Å². The maximum Gasteiger partial charge on any atom is 0.392 e. The zero-order valence-electron chi connectivity index (χ0n) is 19.3. The fourth-order valence-corrected chi connectivity index (χ4v) is 6.71. The molecule has 1 saturated heterocycles. The molecule has 1 fully saturated rings. The van der Waals surface area contributed by atoms with E-state index in [1.54, 1.807) is 11.1 Å². The number of carbonyl (C=O) groups excluding carboxylic acids is 1. The van der Waals surface area contributed by atoms with Gasteiger partial charge in [0.1, 0.15) is 12.0 Å². The Hall–Kier alpha value is -3.47. The van der Waals surface area contributed by atoms with E-state index in [1.807, 2.05) is 24.3 Å². The Morgan fingerprint density at radius 3 is 2.59 bits per heavy atom. The molecule has 1 N–H and O–H groups in total. The molecule has 0 spiro atoms. The number of hydrogen-bond acceptors (Lipinski definition) is 5. The molecule has 0 saturated carbocycles. The van der Waals surface area contributed by atoms with Gasteiger partial charge in [-0.05, 0) is 47.7 Å². The van der Waals surface area contributed by atoms with E-state index < -0.39 is 47.2 Å². The van der Waals surface area contributed by atoms with Crippen LogP contribution in [-0.4, -0.2) is 39.5 Å². The average molecular weight is 532 g/mol. The van der Waals surface area contributed by atoms with Crippen molar-refractivity contribution < 1.29 is 27.5 Å². The summed E-state index contributed by atoms with van der Waals surface area (Å²) in [6, 6.07) is 12.1. The molecule has 3 atom stereocenters. The van der Waals surface area contributed by atoms with Crippen LogP contribution in [0.15, 0.2) is 64.4 Å². The zero-order chi connectivity index (χ0) is 26.1. The minimum Gasteiger partial charge on any atom is -0.502 e. The number of alkyl halides is 3. The molecule has 1 amide bonds. The molecule has 6 nitrogen and oxygen atoms in total. The number of aromatic hydroxyl groups is 1. The summed E-state index contributed by atoms with van der Waals surface area (Å²) in [6.45, 7) is -0.188. The van der Waals surface area contributed by atoms with Crippen LogP contribution in [0.3, 0.4) is 0 Å². The maximum atomic E-state index is 14.3. The highest BCUT2D eigenvalue weighted by Gasteiger charge is 2.52. The van der Waals surface area contributed by atoms with Crippen LogP contribution in [0.25, 0.3) is 0 Å². The van der Waals surface area contributed by atoms with Gasteiger partial charge in [-0.1, -0.05) is 24.3 Å². The Bertz CT molecular complexity index is 1470. The van der Waals surface area contributed by atoms with E-state index in [0.717, 1.165) is 16.5 Å². The number of amides is 1. The number of hydrogen-bond donors (Lipinski definition) is 1. The van der Waals surface area contributed by atoms with Gasteiger partial charge in [-0.25, -0.2) is 4.39 Å². The van der Waals surface area contributed by atoms with Crippen molar-refractivity contribution in [2.45, 2.75) is 41.9 Å². The second kappa shape index (κ2) is 8.54. The van der Waals surface area contributed by atoms with Gasteiger partial charge in [0.05, 0.1) is 12.0 Å². The number of nitrogens with zero attached hydrogens (tertiary/aromatic N) is 3. The van der Waals surface area contributed by atoms with E-state index in [4.69, 9.17) is 0 Å². The highest BCUT2D eigenvalue weighted by atomic mass is 32.2. The summed E-state index contributed by atoms with van der Waals surface area (Å²) in [5, 5.41) is 12.3. The van der Waals surface area contributed by atoms with Gasteiger partial charge in [-0.3, -0.25) is 19.3 Å². The summed E-state index contributed by atoms with van der Waals surface area (Å²) < 4.78 is 57.3. The van der Waals surface area contributed by atoms with Crippen LogP contribution in [0.2, 0.25) is 0 Å². The summed E-state index contributed by atoms with van der Waals surface area (Å²) in [4.78, 5) is 27.9. The highest BCUT2D eigenvalue weighted by Crippen LogP contribution is 2.47. The molecular weight excluding hydrogens is 510 g/mol. The first kappa shape index (κ1) is 23.9. The molecule has 37 heavy (non-hydrogen) atoms. The summed E-state index contributed by atoms with van der Waals surface area (Å²) in [5.41, 5.74) is 1.05. The molecular formula is C26H21F4N3O3S. The van der Waals surface area contributed by atoms with Crippen LogP contribution in [0.1, 0.15) is 46.1 Å². The van der Waals surface area contributed by atoms with E-state index in [0.29, 0.717) is 16.9 Å². The summed E-state index contributed by atoms with van der Waals surface area (Å²) in [5.74, 6) is -3.09. The molecule has 6 rings (SSSR count). The summed E-state index contributed by atoms with van der Waals surface area (Å²) in [6.07, 6.45) is -4.83. The second-order valence-corrected chi connectivity index (χ2v) is 10.4. The summed E-state index contributed by atoms with van der Waals surface area (Å²) >= 11 is 1.49. The van der Waals surface area contributed by atoms with E-state index in [2.05, 4.69) is 0 Å². The van der Waals surface area contributed by atoms with Gasteiger partial charge < -0.3 is 10.0 Å². The lowest BCUT2D eigenvalue weighted by atomic mass is 9.89. The van der Waals surface area contributed by atoms with Crippen molar-refractivity contribution in [2.24, 2.45) is 5.92 Å². The third kappa shape index (κ3) is 3.78. The van der Waals surface area contributed by atoms with Crippen molar-refractivity contribution in [1.82, 2.24) is 9.58 Å². The Balaban J connectivity index is 1.63. The topological polar surface area (TPSA) is 65.8 Å². The van der Waals surface area contributed by atoms with Crippen LogP contribution in [-0.2, 0) is 5.75 Å². The van der Waals surface area contributed by atoms with Crippen LogP contribution < -0.4 is 10.4 Å². The van der Waals surface area contributed by atoms with Crippen molar-refractivity contribution in [1.29, 1.82) is 0 Å². The Kier molecular flexibility index (Phi) is 5.52. The normalized spacial score (nSPS) is 23.0. The number of halogens is 4. The molecule has 4 heterocycles. The number of carbonyl (C=O) groups is 1. The first-order valence-electron chi connectivity index (χ1n) is 11.8. The standard InChI is InChI=1S/C26H21F4N3O3S/c27-16-5-6-17-14(11-16)13-37-20-4-2-1-3-18(20)22(17)33-21-12-15(26(28,29)30)7-9-31(21)25(36)23-24(35)19(34)8-10-32(23)33/h1-6,8,10-11,15,21-22,35H,7,9,12-13H2/t15-,21-,22+/m1/s1. The fourth-order valence-electron chi connectivity index (χ4n) is 5.63. The average Bonchev–Trinajstić information content (AvgIpc) is 3.02. The zero-order valence-corrected chi connectivity index (χ0v) is 20.1. The van der Waals surface area contributed by atoms with Gasteiger partial charge in [0.15, 0.2) is 11.4 Å². The number of thioether (sulfide) groups is 1. The predicted octanol–water partition coefficient (Wildman–Crippen LogP) is 4.78. The predicted molar refractivity (Wildman–Crippen MR) is 128 cm³/mol. The Labute approximate surface area is 213 Å². The number of pyridine rings is 1. The van der Waals surface area contributed by atoms with Crippen LogP contribution in [0, 0.1) is 11.7 Å². The van der Waals surface area contributed by atoms with E-state index >= 15 is 0 Å². The quantitative estimate of drug-likeness (QED) is 0.458. The monoisotopic (exact) mass is 531 g/mol. The lowest BCUT2D eigenvalue weighted by Crippen LogP contribution is -2.65.